The van der Waals surface area contributed by atoms with Crippen LogP contribution in [0.1, 0.15) is 11.1 Å². The summed E-state index contributed by atoms with van der Waals surface area (Å²) >= 11 is 6.80. The lowest BCUT2D eigenvalue weighted by atomic mass is 10.2. The highest BCUT2D eigenvalue weighted by Crippen LogP contribution is 2.34. The highest BCUT2D eigenvalue weighted by Gasteiger charge is 2.35. The lowest BCUT2D eigenvalue weighted by molar-refractivity contribution is -0.137. The molecule has 1 fully saturated rings. The monoisotopic (exact) mass is 412 g/mol. The molecule has 0 saturated carbocycles. The van der Waals surface area contributed by atoms with E-state index >= 15 is 0 Å². The number of imide groups is 1. The Kier molecular flexibility index (Phi) is 5.48. The van der Waals surface area contributed by atoms with Crippen LogP contribution >= 0.6 is 23.4 Å². The number of benzene rings is 2. The van der Waals surface area contributed by atoms with Gasteiger partial charge in [0.25, 0.3) is 11.1 Å². The van der Waals surface area contributed by atoms with Crippen molar-refractivity contribution in [1.82, 2.24) is 4.90 Å². The fourth-order valence-electron chi connectivity index (χ4n) is 2.35. The Labute approximate surface area is 162 Å². The van der Waals surface area contributed by atoms with Crippen LogP contribution in [0.4, 0.5) is 23.7 Å². The number of hydrogen-bond donors (Lipinski definition) is 1. The molecule has 1 N–H and O–H groups in total. The molecule has 2 amide bonds. The first kappa shape index (κ1) is 19.3. The summed E-state index contributed by atoms with van der Waals surface area (Å²) in [4.78, 5) is 25.6. The van der Waals surface area contributed by atoms with E-state index in [4.69, 9.17) is 11.6 Å². The number of hydrogen-bond acceptors (Lipinski definition) is 4. The van der Waals surface area contributed by atoms with Gasteiger partial charge in [0.15, 0.2) is 0 Å². The highest BCUT2D eigenvalue weighted by molar-refractivity contribution is 8.18. The van der Waals surface area contributed by atoms with Crippen molar-refractivity contribution in [3.8, 4) is 0 Å². The van der Waals surface area contributed by atoms with Crippen LogP contribution < -0.4 is 5.32 Å². The zero-order valence-electron chi connectivity index (χ0n) is 13.6. The standard InChI is InChI=1S/C18H12ClF3N2O2S/c19-14-7-2-1-4-11(14)8-15-16(25)24(17(26)27-15)10-23-13-6-3-5-12(9-13)18(20,21)22/h1-9,23H,10H2/b15-8+. The summed E-state index contributed by atoms with van der Waals surface area (Å²) in [5.41, 5.74) is -0.0743. The number of alkyl halides is 3. The molecular weight excluding hydrogens is 401 g/mol. The van der Waals surface area contributed by atoms with E-state index in [9.17, 15) is 22.8 Å². The SMILES string of the molecule is O=C1S/C(=C/c2ccccc2Cl)C(=O)N1CNc1cccc(C(F)(F)F)c1. The molecule has 4 nitrogen and oxygen atoms in total. The second-order valence-electron chi connectivity index (χ2n) is 5.54. The Bertz CT molecular complexity index is 931. The van der Waals surface area contributed by atoms with Gasteiger partial charge in [-0.25, -0.2) is 0 Å². The van der Waals surface area contributed by atoms with Gasteiger partial charge in [0.05, 0.1) is 17.1 Å². The second-order valence-corrected chi connectivity index (χ2v) is 6.95. The minimum absolute atomic E-state index is 0.152. The van der Waals surface area contributed by atoms with Crippen LogP contribution in [0.15, 0.2) is 53.4 Å². The molecule has 1 aliphatic heterocycles. The van der Waals surface area contributed by atoms with Crippen LogP contribution in [0.25, 0.3) is 6.08 Å². The van der Waals surface area contributed by atoms with Gasteiger partial charge in [-0.05, 0) is 47.7 Å². The van der Waals surface area contributed by atoms with Gasteiger partial charge in [0, 0.05) is 10.7 Å². The lowest BCUT2D eigenvalue weighted by Gasteiger charge is -2.15. The molecule has 0 atom stereocenters. The molecule has 2 aromatic rings. The molecule has 3 rings (SSSR count). The largest absolute Gasteiger partial charge is 0.416 e. The molecule has 1 aliphatic rings. The maximum Gasteiger partial charge on any atom is 0.416 e. The van der Waals surface area contributed by atoms with Crippen molar-refractivity contribution in [2.75, 3.05) is 12.0 Å². The molecule has 9 heteroatoms. The molecule has 1 heterocycles. The van der Waals surface area contributed by atoms with Crippen LogP contribution in [0.2, 0.25) is 5.02 Å². The molecule has 0 aromatic heterocycles. The third-order valence-corrected chi connectivity index (χ3v) is 4.95. The van der Waals surface area contributed by atoms with Gasteiger partial charge in [0.1, 0.15) is 0 Å². The number of amides is 2. The molecule has 1 saturated heterocycles. The summed E-state index contributed by atoms with van der Waals surface area (Å²) in [6, 6.07) is 11.4. The van der Waals surface area contributed by atoms with Gasteiger partial charge in [-0.1, -0.05) is 35.9 Å². The van der Waals surface area contributed by atoms with Crippen molar-refractivity contribution in [3.05, 3.63) is 69.6 Å². The topological polar surface area (TPSA) is 49.4 Å². The van der Waals surface area contributed by atoms with Crippen LogP contribution in [0, 0.1) is 0 Å². The van der Waals surface area contributed by atoms with Crippen molar-refractivity contribution in [2.45, 2.75) is 6.18 Å². The minimum atomic E-state index is -4.47. The fourth-order valence-corrected chi connectivity index (χ4v) is 3.36. The van der Waals surface area contributed by atoms with E-state index in [-0.39, 0.29) is 17.3 Å². The van der Waals surface area contributed by atoms with Gasteiger partial charge in [-0.15, -0.1) is 0 Å². The molecule has 0 bridgehead atoms. The van der Waals surface area contributed by atoms with Crippen LogP contribution in [-0.2, 0) is 11.0 Å². The highest BCUT2D eigenvalue weighted by atomic mass is 35.5. The molecule has 0 unspecified atom stereocenters. The molecule has 27 heavy (non-hydrogen) atoms. The maximum absolute atomic E-state index is 12.8. The number of anilines is 1. The van der Waals surface area contributed by atoms with Crippen molar-refractivity contribution in [3.63, 3.8) is 0 Å². The maximum atomic E-state index is 12.8. The fraction of sp³-hybridized carbons (Fsp3) is 0.111. The van der Waals surface area contributed by atoms with Crippen LogP contribution in [0.3, 0.4) is 0 Å². The van der Waals surface area contributed by atoms with Crippen molar-refractivity contribution in [1.29, 1.82) is 0 Å². The van der Waals surface area contributed by atoms with Gasteiger partial charge in [-0.2, -0.15) is 13.2 Å². The molecular formula is C18H12ClF3N2O2S. The predicted molar refractivity (Wildman–Crippen MR) is 99.2 cm³/mol. The number of carbonyl (C=O) groups excluding carboxylic acids is 2. The summed E-state index contributed by atoms with van der Waals surface area (Å²) in [7, 11) is 0. The first-order chi connectivity index (χ1) is 12.8. The van der Waals surface area contributed by atoms with Crippen molar-refractivity contribution >= 4 is 46.3 Å². The Morgan fingerprint density at radius 1 is 1.11 bits per heavy atom. The minimum Gasteiger partial charge on any atom is -0.367 e. The Morgan fingerprint density at radius 2 is 1.85 bits per heavy atom. The normalized spacial score (nSPS) is 16.3. The lowest BCUT2D eigenvalue weighted by Crippen LogP contribution is -2.33. The van der Waals surface area contributed by atoms with Crippen LogP contribution in [-0.4, -0.2) is 22.7 Å². The molecule has 0 aliphatic carbocycles. The van der Waals surface area contributed by atoms with E-state index in [1.165, 1.54) is 18.2 Å². The molecule has 140 valence electrons. The van der Waals surface area contributed by atoms with Crippen LogP contribution in [0.5, 0.6) is 0 Å². The van der Waals surface area contributed by atoms with Gasteiger partial charge >= 0.3 is 6.18 Å². The van der Waals surface area contributed by atoms with Gasteiger partial charge in [-0.3, -0.25) is 14.5 Å². The van der Waals surface area contributed by atoms with E-state index in [0.717, 1.165) is 28.8 Å². The van der Waals surface area contributed by atoms with Crippen molar-refractivity contribution in [2.24, 2.45) is 0 Å². The summed E-state index contributed by atoms with van der Waals surface area (Å²) in [5.74, 6) is -0.538. The number of thioether (sulfide) groups is 1. The summed E-state index contributed by atoms with van der Waals surface area (Å²) < 4.78 is 38.3. The molecule has 2 aromatic carbocycles. The Morgan fingerprint density at radius 3 is 2.56 bits per heavy atom. The Hall–Kier alpha value is -2.45. The quantitative estimate of drug-likeness (QED) is 0.677. The van der Waals surface area contributed by atoms with Gasteiger partial charge < -0.3 is 5.32 Å². The summed E-state index contributed by atoms with van der Waals surface area (Å²) in [6.07, 6.45) is -2.96. The smallest absolute Gasteiger partial charge is 0.367 e. The first-order valence-electron chi connectivity index (χ1n) is 7.67. The number of carbonyl (C=O) groups is 2. The number of halogens is 4. The average Bonchev–Trinajstić information content (AvgIpc) is 2.88. The number of nitrogens with zero attached hydrogens (tertiary/aromatic N) is 1. The molecule has 0 radical (unpaired) electrons. The van der Waals surface area contributed by atoms with Crippen molar-refractivity contribution < 1.29 is 22.8 Å². The second kappa shape index (κ2) is 7.66. The third-order valence-electron chi connectivity index (χ3n) is 3.70. The zero-order chi connectivity index (χ0) is 19.6. The number of nitrogens with one attached hydrogen (secondary N) is 1. The van der Waals surface area contributed by atoms with E-state index in [1.807, 2.05) is 0 Å². The summed E-state index contributed by atoms with van der Waals surface area (Å²) in [6.45, 7) is -0.244. The van der Waals surface area contributed by atoms with E-state index in [0.29, 0.717) is 10.6 Å². The molecule has 0 spiro atoms. The number of rotatable bonds is 4. The Balaban J connectivity index is 1.73. The van der Waals surface area contributed by atoms with E-state index in [1.54, 1.807) is 24.3 Å². The zero-order valence-corrected chi connectivity index (χ0v) is 15.2. The third kappa shape index (κ3) is 4.45. The predicted octanol–water partition coefficient (Wildman–Crippen LogP) is 5.46. The average molecular weight is 413 g/mol. The van der Waals surface area contributed by atoms with E-state index in [2.05, 4.69) is 5.32 Å². The van der Waals surface area contributed by atoms with Gasteiger partial charge in [0.2, 0.25) is 0 Å². The summed E-state index contributed by atoms with van der Waals surface area (Å²) in [5, 5.41) is 2.59. The van der Waals surface area contributed by atoms with E-state index < -0.39 is 22.9 Å². The first-order valence-corrected chi connectivity index (χ1v) is 8.86.